The van der Waals surface area contributed by atoms with E-state index in [2.05, 4.69) is 10.2 Å². The van der Waals surface area contributed by atoms with Crippen molar-refractivity contribution in [2.75, 3.05) is 46.0 Å². The highest BCUT2D eigenvalue weighted by Gasteiger charge is 2.52. The van der Waals surface area contributed by atoms with Crippen LogP contribution < -0.4 is 5.32 Å². The van der Waals surface area contributed by atoms with E-state index in [0.29, 0.717) is 12.1 Å². The maximum atomic E-state index is 13.4. The van der Waals surface area contributed by atoms with Gasteiger partial charge in [0, 0.05) is 25.2 Å². The number of nitrogens with one attached hydrogen (secondary N) is 1. The van der Waals surface area contributed by atoms with Crippen LogP contribution in [0, 0.1) is 0 Å². The lowest BCUT2D eigenvalue weighted by atomic mass is 9.89. The average Bonchev–Trinajstić information content (AvgIpc) is 3.16. The summed E-state index contributed by atoms with van der Waals surface area (Å²) in [4.78, 5) is 30.6. The molecule has 2 saturated heterocycles. The van der Waals surface area contributed by atoms with Gasteiger partial charge in [0.15, 0.2) is 0 Å². The molecule has 1 aliphatic carbocycles. The molecule has 7 nitrogen and oxygen atoms in total. The van der Waals surface area contributed by atoms with E-state index in [0.717, 1.165) is 71.4 Å². The second-order valence-electron chi connectivity index (χ2n) is 8.47. The average molecular weight is 416 g/mol. The Morgan fingerprint density at radius 1 is 1.07 bits per heavy atom. The Morgan fingerprint density at radius 3 is 2.53 bits per heavy atom. The van der Waals surface area contributed by atoms with Crippen molar-refractivity contribution in [2.45, 2.75) is 50.3 Å². The van der Waals surface area contributed by atoms with E-state index < -0.39 is 11.8 Å². The summed E-state index contributed by atoms with van der Waals surface area (Å²) in [6.45, 7) is 5.29. The molecule has 1 saturated carbocycles. The number of rotatable bonds is 6. The number of benzene rings is 1. The zero-order chi connectivity index (χ0) is 20.8. The summed E-state index contributed by atoms with van der Waals surface area (Å²) in [5.41, 5.74) is -0.0286. The molecule has 0 unspecified atom stereocenters. The van der Waals surface area contributed by atoms with Gasteiger partial charge in [-0.1, -0.05) is 24.6 Å². The second kappa shape index (κ2) is 9.90. The van der Waals surface area contributed by atoms with E-state index in [1.807, 2.05) is 30.3 Å². The first-order valence-corrected chi connectivity index (χ1v) is 11.3. The molecule has 3 fully saturated rings. The molecule has 2 heterocycles. The maximum absolute atomic E-state index is 13.4. The van der Waals surface area contributed by atoms with Crippen LogP contribution in [0.1, 0.15) is 48.9 Å². The van der Waals surface area contributed by atoms with Crippen molar-refractivity contribution in [3.05, 3.63) is 35.9 Å². The Balaban J connectivity index is 1.40. The molecular formula is C23H33N3O4. The van der Waals surface area contributed by atoms with Gasteiger partial charge < -0.3 is 14.8 Å². The number of nitrogens with zero attached hydrogens (tertiary/aromatic N) is 2. The lowest BCUT2D eigenvalue weighted by molar-refractivity contribution is -0.127. The first-order valence-electron chi connectivity index (χ1n) is 11.3. The van der Waals surface area contributed by atoms with Crippen molar-refractivity contribution in [3.8, 4) is 0 Å². The lowest BCUT2D eigenvalue weighted by Crippen LogP contribution is -2.56. The number of hydrogen-bond acceptors (Lipinski definition) is 5. The number of carbonyl (C=O) groups excluding carboxylic acids is 2. The van der Waals surface area contributed by atoms with Crippen LogP contribution in [0.4, 0.5) is 0 Å². The monoisotopic (exact) mass is 415 g/mol. The van der Waals surface area contributed by atoms with Crippen LogP contribution in [-0.4, -0.2) is 79.4 Å². The van der Waals surface area contributed by atoms with Crippen molar-refractivity contribution in [1.82, 2.24) is 15.1 Å². The first-order chi connectivity index (χ1) is 14.7. The zero-order valence-corrected chi connectivity index (χ0v) is 17.7. The standard InChI is InChI=1S/C23H33N3O4/c27-21(24-12-7-13-25-14-16-29-17-15-25)20-18-30-23(10-5-2-6-11-23)26(20)22(28)19-8-3-1-4-9-19/h1,3-4,8-9,20H,2,5-7,10-18H2,(H,24,27)/t20-/m0/s1. The summed E-state index contributed by atoms with van der Waals surface area (Å²) in [6.07, 6.45) is 5.67. The molecule has 3 aliphatic rings. The van der Waals surface area contributed by atoms with Gasteiger partial charge in [0.25, 0.3) is 5.91 Å². The number of hydrogen-bond donors (Lipinski definition) is 1. The summed E-state index contributed by atoms with van der Waals surface area (Å²) in [5.74, 6) is -0.216. The van der Waals surface area contributed by atoms with Crippen LogP contribution in [0.25, 0.3) is 0 Å². The van der Waals surface area contributed by atoms with Crippen molar-refractivity contribution in [1.29, 1.82) is 0 Å². The Kier molecular flexibility index (Phi) is 7.02. The van der Waals surface area contributed by atoms with Gasteiger partial charge in [-0.15, -0.1) is 0 Å². The molecule has 2 amide bonds. The van der Waals surface area contributed by atoms with E-state index in [4.69, 9.17) is 9.47 Å². The largest absolute Gasteiger partial charge is 0.379 e. The Hall–Kier alpha value is -1.96. The normalized spacial score (nSPS) is 24.1. The van der Waals surface area contributed by atoms with Crippen molar-refractivity contribution in [3.63, 3.8) is 0 Å². The molecule has 1 N–H and O–H groups in total. The fourth-order valence-electron chi connectivity index (χ4n) is 4.85. The molecule has 1 spiro atoms. The predicted octanol–water partition coefficient (Wildman–Crippen LogP) is 2.03. The van der Waals surface area contributed by atoms with Gasteiger partial charge in [-0.05, 0) is 50.8 Å². The van der Waals surface area contributed by atoms with Crippen LogP contribution in [0.15, 0.2) is 30.3 Å². The molecule has 7 heteroatoms. The van der Waals surface area contributed by atoms with Gasteiger partial charge in [0.2, 0.25) is 5.91 Å². The third-order valence-electron chi connectivity index (χ3n) is 6.49. The summed E-state index contributed by atoms with van der Waals surface area (Å²) in [5, 5.41) is 3.05. The molecule has 4 rings (SSSR count). The van der Waals surface area contributed by atoms with Crippen molar-refractivity contribution >= 4 is 11.8 Å². The number of ether oxygens (including phenoxy) is 2. The second-order valence-corrected chi connectivity index (χ2v) is 8.47. The van der Waals surface area contributed by atoms with E-state index in [1.165, 1.54) is 0 Å². The van der Waals surface area contributed by atoms with Crippen molar-refractivity contribution < 1.29 is 19.1 Å². The smallest absolute Gasteiger partial charge is 0.256 e. The highest BCUT2D eigenvalue weighted by molar-refractivity contribution is 5.98. The Morgan fingerprint density at radius 2 is 1.80 bits per heavy atom. The molecule has 164 valence electrons. The maximum Gasteiger partial charge on any atom is 0.256 e. The van der Waals surface area contributed by atoms with E-state index in [-0.39, 0.29) is 18.4 Å². The van der Waals surface area contributed by atoms with E-state index >= 15 is 0 Å². The number of amides is 2. The third-order valence-corrected chi connectivity index (χ3v) is 6.49. The predicted molar refractivity (Wildman–Crippen MR) is 113 cm³/mol. The quantitative estimate of drug-likeness (QED) is 0.720. The molecule has 2 aliphatic heterocycles. The van der Waals surface area contributed by atoms with Gasteiger partial charge in [-0.25, -0.2) is 0 Å². The van der Waals surface area contributed by atoms with E-state index in [9.17, 15) is 9.59 Å². The fourth-order valence-corrected chi connectivity index (χ4v) is 4.85. The van der Waals surface area contributed by atoms with Crippen LogP contribution in [0.3, 0.4) is 0 Å². The molecule has 0 radical (unpaired) electrons. The summed E-state index contributed by atoms with van der Waals surface area (Å²) in [7, 11) is 0. The number of carbonyl (C=O) groups is 2. The molecule has 30 heavy (non-hydrogen) atoms. The minimum atomic E-state index is -0.638. The fraction of sp³-hybridized carbons (Fsp3) is 0.652. The van der Waals surface area contributed by atoms with Crippen LogP contribution in [0.2, 0.25) is 0 Å². The highest BCUT2D eigenvalue weighted by Crippen LogP contribution is 2.41. The Bertz CT molecular complexity index is 714. The number of morpholine rings is 1. The highest BCUT2D eigenvalue weighted by atomic mass is 16.5. The van der Waals surface area contributed by atoms with E-state index in [1.54, 1.807) is 4.90 Å². The molecule has 1 aromatic carbocycles. The molecule has 0 aromatic heterocycles. The van der Waals surface area contributed by atoms with Crippen LogP contribution in [0.5, 0.6) is 0 Å². The molecular weight excluding hydrogens is 382 g/mol. The SMILES string of the molecule is O=C(NCCCN1CCOCC1)[C@@H]1COC2(CCCCC2)N1C(=O)c1ccccc1. The van der Waals surface area contributed by atoms with Gasteiger partial charge in [0.1, 0.15) is 11.8 Å². The summed E-state index contributed by atoms with van der Waals surface area (Å²) in [6, 6.07) is 8.67. The molecule has 0 bridgehead atoms. The van der Waals surface area contributed by atoms with Crippen LogP contribution in [-0.2, 0) is 14.3 Å². The topological polar surface area (TPSA) is 71.1 Å². The van der Waals surface area contributed by atoms with Gasteiger partial charge in [-0.2, -0.15) is 0 Å². The van der Waals surface area contributed by atoms with Crippen LogP contribution >= 0.6 is 0 Å². The summed E-state index contributed by atoms with van der Waals surface area (Å²) < 4.78 is 11.6. The molecule has 1 aromatic rings. The minimum absolute atomic E-state index is 0.108. The lowest BCUT2D eigenvalue weighted by Gasteiger charge is -2.41. The van der Waals surface area contributed by atoms with Gasteiger partial charge in [-0.3, -0.25) is 19.4 Å². The first kappa shape index (κ1) is 21.3. The zero-order valence-electron chi connectivity index (χ0n) is 17.7. The van der Waals surface area contributed by atoms with Gasteiger partial charge >= 0.3 is 0 Å². The minimum Gasteiger partial charge on any atom is -0.379 e. The third kappa shape index (κ3) is 4.68. The Labute approximate surface area is 178 Å². The summed E-state index contributed by atoms with van der Waals surface area (Å²) >= 11 is 0. The van der Waals surface area contributed by atoms with Crippen molar-refractivity contribution in [2.24, 2.45) is 0 Å². The molecule has 1 atom stereocenters. The van der Waals surface area contributed by atoms with Gasteiger partial charge in [0.05, 0.1) is 19.8 Å².